The van der Waals surface area contributed by atoms with Crippen LogP contribution < -0.4 is 4.57 Å². The number of fused-ring (bicyclic) bond motifs is 7. The minimum atomic E-state index is -2.27. The van der Waals surface area contributed by atoms with Gasteiger partial charge in [-0.2, -0.15) is 4.40 Å². The molecule has 0 radical (unpaired) electrons. The first-order chi connectivity index (χ1) is 11.1. The molecule has 4 nitrogen and oxygen atoms in total. The van der Waals surface area contributed by atoms with Gasteiger partial charge in [0.1, 0.15) is 6.54 Å². The smallest absolute Gasteiger partial charge is 0.289 e. The molecular weight excluding hydrogens is 248 g/mol. The van der Waals surface area contributed by atoms with Crippen LogP contribution in [-0.4, -0.2) is 14.0 Å². The molecule has 0 atom stereocenters. The summed E-state index contributed by atoms with van der Waals surface area (Å²) in [5, 5.41) is 0. The molecule has 4 heteroatoms. The Balaban J connectivity index is 2.00. The second-order valence-electron chi connectivity index (χ2n) is 5.11. The fraction of sp³-hybridized carbons (Fsp3) is 0.125. The topological polar surface area (TPSA) is 26.1 Å². The molecule has 0 amide bonds. The van der Waals surface area contributed by atoms with Crippen molar-refractivity contribution in [1.82, 2.24) is 14.0 Å². The SMILES string of the molecule is [2H]C([2H])([2H])n1c2ncccc2n2c3[n+](cc12)Cc1ccccc1-3. The Morgan fingerprint density at radius 1 is 1.25 bits per heavy atom. The zero-order valence-corrected chi connectivity index (χ0v) is 10.6. The second-order valence-corrected chi connectivity index (χ2v) is 5.11. The summed E-state index contributed by atoms with van der Waals surface area (Å²) in [6, 6.07) is 12.0. The Morgan fingerprint density at radius 3 is 3.15 bits per heavy atom. The number of aromatic nitrogens is 4. The summed E-state index contributed by atoms with van der Waals surface area (Å²) in [6.07, 6.45) is 3.54. The Hall–Kier alpha value is -2.62. The van der Waals surface area contributed by atoms with Crippen molar-refractivity contribution in [2.24, 2.45) is 6.98 Å². The highest BCUT2D eigenvalue weighted by atomic mass is 15.2. The highest BCUT2D eigenvalue weighted by Crippen LogP contribution is 2.30. The minimum Gasteiger partial charge on any atom is -0.289 e. The maximum Gasteiger partial charge on any atom is 0.296 e. The molecule has 0 saturated carbocycles. The molecule has 3 aromatic heterocycles. The molecule has 1 aliphatic rings. The van der Waals surface area contributed by atoms with Crippen LogP contribution in [0.2, 0.25) is 0 Å². The summed E-state index contributed by atoms with van der Waals surface area (Å²) < 4.78 is 29.1. The van der Waals surface area contributed by atoms with Gasteiger partial charge in [0.05, 0.1) is 5.56 Å². The lowest BCUT2D eigenvalue weighted by atomic mass is 10.1. The van der Waals surface area contributed by atoms with Crippen molar-refractivity contribution in [3.63, 3.8) is 0 Å². The van der Waals surface area contributed by atoms with Crippen molar-refractivity contribution in [2.45, 2.75) is 6.54 Å². The van der Waals surface area contributed by atoms with Crippen molar-refractivity contribution >= 4 is 16.8 Å². The molecule has 0 bridgehead atoms. The first-order valence-electron chi connectivity index (χ1n) is 8.05. The van der Waals surface area contributed by atoms with E-state index in [0.717, 1.165) is 23.4 Å². The number of pyridine rings is 1. The van der Waals surface area contributed by atoms with Crippen LogP contribution in [0.1, 0.15) is 9.68 Å². The van der Waals surface area contributed by atoms with Crippen LogP contribution in [0.25, 0.3) is 28.2 Å². The van der Waals surface area contributed by atoms with Gasteiger partial charge in [-0.15, -0.1) is 0 Å². The highest BCUT2D eigenvalue weighted by Gasteiger charge is 2.32. The molecule has 0 fully saturated rings. The Kier molecular flexibility index (Phi) is 1.29. The molecule has 0 spiro atoms. The Morgan fingerprint density at radius 2 is 2.20 bits per heavy atom. The van der Waals surface area contributed by atoms with E-state index in [-0.39, 0.29) is 0 Å². The van der Waals surface area contributed by atoms with E-state index < -0.39 is 6.98 Å². The maximum atomic E-state index is 7.89. The third kappa shape index (κ3) is 1.04. The van der Waals surface area contributed by atoms with Gasteiger partial charge in [0.2, 0.25) is 5.65 Å². The molecule has 0 saturated heterocycles. The van der Waals surface area contributed by atoms with Gasteiger partial charge in [0.25, 0.3) is 5.82 Å². The molecule has 4 heterocycles. The van der Waals surface area contributed by atoms with E-state index in [2.05, 4.69) is 21.7 Å². The summed E-state index contributed by atoms with van der Waals surface area (Å²) in [6.45, 7) is -1.51. The Bertz CT molecular complexity index is 1090. The van der Waals surface area contributed by atoms with Gasteiger partial charge in [-0.1, -0.05) is 18.2 Å². The molecule has 0 N–H and O–H groups in total. The highest BCUT2D eigenvalue weighted by molar-refractivity contribution is 5.81. The summed E-state index contributed by atoms with van der Waals surface area (Å²) in [5.41, 5.74) is 4.32. The van der Waals surface area contributed by atoms with Crippen LogP contribution in [0.4, 0.5) is 0 Å². The van der Waals surface area contributed by atoms with E-state index in [0.29, 0.717) is 11.3 Å². The number of nitrogens with zero attached hydrogens (tertiary/aromatic N) is 4. The number of rotatable bonds is 0. The number of hydrogen-bond acceptors (Lipinski definition) is 1. The fourth-order valence-corrected chi connectivity index (χ4v) is 3.19. The normalized spacial score (nSPS) is 15.9. The third-order valence-electron chi connectivity index (χ3n) is 4.03. The van der Waals surface area contributed by atoms with Gasteiger partial charge in [0, 0.05) is 22.8 Å². The summed E-state index contributed by atoms with van der Waals surface area (Å²) in [7, 11) is 0. The third-order valence-corrected chi connectivity index (χ3v) is 4.03. The van der Waals surface area contributed by atoms with E-state index in [9.17, 15) is 0 Å². The molecule has 1 aliphatic heterocycles. The first kappa shape index (κ1) is 7.85. The van der Waals surface area contributed by atoms with Crippen LogP contribution in [0, 0.1) is 0 Å². The standard InChI is InChI=1S/C16H13N4/c1-18-14-10-19-9-11-5-2-3-6-12(11)16(19)20(14)13-7-4-8-17-15(13)18/h2-8,10H,9H2,1H3/q+1/i1D3. The molecule has 4 aromatic rings. The van der Waals surface area contributed by atoms with Crippen LogP contribution in [0.15, 0.2) is 48.8 Å². The predicted molar refractivity (Wildman–Crippen MR) is 76.4 cm³/mol. The van der Waals surface area contributed by atoms with Crippen molar-refractivity contribution in [2.75, 3.05) is 0 Å². The van der Waals surface area contributed by atoms with E-state index in [1.54, 1.807) is 6.20 Å². The van der Waals surface area contributed by atoms with Crippen molar-refractivity contribution in [3.05, 3.63) is 54.4 Å². The van der Waals surface area contributed by atoms with Crippen LogP contribution in [0.3, 0.4) is 0 Å². The second kappa shape index (κ2) is 3.28. The monoisotopic (exact) mass is 264 g/mol. The van der Waals surface area contributed by atoms with Gasteiger partial charge < -0.3 is 0 Å². The summed E-state index contributed by atoms with van der Waals surface area (Å²) in [5.74, 6) is 1.01. The average molecular weight is 264 g/mol. The van der Waals surface area contributed by atoms with Crippen LogP contribution in [-0.2, 0) is 13.5 Å². The van der Waals surface area contributed by atoms with Gasteiger partial charge in [0.15, 0.2) is 17.4 Å². The largest absolute Gasteiger partial charge is 0.296 e. The zero-order valence-electron chi connectivity index (χ0n) is 13.6. The van der Waals surface area contributed by atoms with E-state index in [1.165, 1.54) is 10.1 Å². The summed E-state index contributed by atoms with van der Waals surface area (Å²) >= 11 is 0. The zero-order chi connectivity index (χ0) is 15.8. The minimum absolute atomic E-state index is 0.482. The predicted octanol–water partition coefficient (Wildman–Crippen LogP) is 2.14. The fourth-order valence-electron chi connectivity index (χ4n) is 3.19. The lowest BCUT2D eigenvalue weighted by molar-refractivity contribution is -0.670. The Labute approximate surface area is 119 Å². The molecule has 96 valence electrons. The van der Waals surface area contributed by atoms with E-state index in [4.69, 9.17) is 4.11 Å². The van der Waals surface area contributed by atoms with Crippen LogP contribution >= 0.6 is 0 Å². The van der Waals surface area contributed by atoms with Crippen molar-refractivity contribution in [3.8, 4) is 11.4 Å². The molecule has 20 heavy (non-hydrogen) atoms. The molecule has 0 unspecified atom stereocenters. The number of imidazole rings is 2. The van der Waals surface area contributed by atoms with Gasteiger partial charge in [-0.05, 0) is 18.2 Å². The van der Waals surface area contributed by atoms with E-state index in [1.807, 2.05) is 34.9 Å². The maximum absolute atomic E-state index is 7.89. The number of benzene rings is 1. The van der Waals surface area contributed by atoms with Crippen molar-refractivity contribution < 1.29 is 8.68 Å². The lowest BCUT2D eigenvalue weighted by Gasteiger charge is -1.92. The van der Waals surface area contributed by atoms with Crippen LogP contribution in [0.5, 0.6) is 0 Å². The molecule has 0 aliphatic carbocycles. The first-order valence-corrected chi connectivity index (χ1v) is 6.55. The van der Waals surface area contributed by atoms with Gasteiger partial charge in [-0.3, -0.25) is 4.57 Å². The molecule has 5 rings (SSSR count). The lowest BCUT2D eigenvalue weighted by Crippen LogP contribution is -2.29. The number of hydrogen-bond donors (Lipinski definition) is 0. The number of aryl methyl sites for hydroxylation is 1. The van der Waals surface area contributed by atoms with E-state index >= 15 is 0 Å². The quantitative estimate of drug-likeness (QED) is 0.394. The molecule has 1 aromatic carbocycles. The van der Waals surface area contributed by atoms with Gasteiger partial charge in [-0.25, -0.2) is 9.55 Å². The summed E-state index contributed by atoms with van der Waals surface area (Å²) in [4.78, 5) is 4.31. The molecular formula is C16H13N4+. The van der Waals surface area contributed by atoms with Crippen molar-refractivity contribution in [1.29, 1.82) is 0 Å². The van der Waals surface area contributed by atoms with Gasteiger partial charge >= 0.3 is 0 Å². The average Bonchev–Trinajstić information content (AvgIpc) is 3.11.